The molecule has 172 valence electrons. The van der Waals surface area contributed by atoms with Gasteiger partial charge in [0.25, 0.3) is 0 Å². The van der Waals surface area contributed by atoms with E-state index in [-0.39, 0.29) is 17.3 Å². The molecule has 1 aliphatic rings. The summed E-state index contributed by atoms with van der Waals surface area (Å²) in [6, 6.07) is 15.0. The quantitative estimate of drug-likeness (QED) is 0.398. The molecule has 0 atom stereocenters. The zero-order chi connectivity index (χ0) is 23.4. The summed E-state index contributed by atoms with van der Waals surface area (Å²) in [7, 11) is 3.21. The molecular formula is C25H27N3O4S. The van der Waals surface area contributed by atoms with Gasteiger partial charge < -0.3 is 19.5 Å². The van der Waals surface area contributed by atoms with E-state index >= 15 is 0 Å². The molecule has 0 aliphatic carbocycles. The van der Waals surface area contributed by atoms with Crippen LogP contribution in [-0.2, 0) is 22.6 Å². The van der Waals surface area contributed by atoms with Crippen molar-refractivity contribution in [1.29, 1.82) is 0 Å². The monoisotopic (exact) mass is 465 g/mol. The van der Waals surface area contributed by atoms with Gasteiger partial charge in [0.1, 0.15) is 16.5 Å². The van der Waals surface area contributed by atoms with Gasteiger partial charge >= 0.3 is 0 Å². The van der Waals surface area contributed by atoms with Crippen molar-refractivity contribution in [3.8, 4) is 22.9 Å². The summed E-state index contributed by atoms with van der Waals surface area (Å²) in [5, 5.41) is 3.66. The van der Waals surface area contributed by atoms with Crippen molar-refractivity contribution >= 4 is 23.4 Å². The summed E-state index contributed by atoms with van der Waals surface area (Å²) in [5.74, 6) is 2.02. The van der Waals surface area contributed by atoms with Crippen molar-refractivity contribution in [2.45, 2.75) is 37.5 Å². The number of benzene rings is 2. The molecule has 1 amide bonds. The lowest BCUT2D eigenvalue weighted by atomic mass is 9.96. The van der Waals surface area contributed by atoms with Crippen molar-refractivity contribution in [1.82, 2.24) is 9.97 Å². The van der Waals surface area contributed by atoms with Crippen LogP contribution in [0.25, 0.3) is 11.4 Å². The third-order valence-corrected chi connectivity index (χ3v) is 6.32. The molecule has 0 spiro atoms. The maximum absolute atomic E-state index is 12.7. The van der Waals surface area contributed by atoms with Crippen LogP contribution in [0.15, 0.2) is 53.6 Å². The van der Waals surface area contributed by atoms with Crippen LogP contribution >= 0.6 is 11.8 Å². The van der Waals surface area contributed by atoms with Crippen LogP contribution in [0.5, 0.6) is 11.5 Å². The predicted molar refractivity (Wildman–Crippen MR) is 129 cm³/mol. The van der Waals surface area contributed by atoms with Crippen molar-refractivity contribution in [2.75, 3.05) is 25.3 Å². The van der Waals surface area contributed by atoms with Gasteiger partial charge in [-0.15, -0.1) is 0 Å². The van der Waals surface area contributed by atoms with Crippen LogP contribution in [0.2, 0.25) is 0 Å². The molecule has 1 aliphatic heterocycles. The molecule has 7 nitrogen and oxygen atoms in total. The van der Waals surface area contributed by atoms with Gasteiger partial charge in [0.15, 0.2) is 5.82 Å². The van der Waals surface area contributed by atoms with E-state index in [0.29, 0.717) is 30.3 Å². The van der Waals surface area contributed by atoms with E-state index in [4.69, 9.17) is 24.2 Å². The Hall–Kier alpha value is -3.10. The second kappa shape index (κ2) is 9.80. The number of hydrogen-bond donors (Lipinski definition) is 1. The Morgan fingerprint density at radius 2 is 1.94 bits per heavy atom. The normalized spacial score (nSPS) is 14.3. The minimum absolute atomic E-state index is 0.142. The average molecular weight is 466 g/mol. The maximum atomic E-state index is 12.7. The Labute approximate surface area is 197 Å². The Morgan fingerprint density at radius 1 is 1.12 bits per heavy atom. The van der Waals surface area contributed by atoms with E-state index in [9.17, 15) is 4.79 Å². The predicted octanol–water partition coefficient (Wildman–Crippen LogP) is 4.74. The number of carbonyl (C=O) groups excluding carboxylic acids is 1. The van der Waals surface area contributed by atoms with Crippen molar-refractivity contribution < 1.29 is 19.0 Å². The number of nitrogens with one attached hydrogen (secondary N) is 1. The number of para-hydroxylation sites is 2. The maximum Gasteiger partial charge on any atom is 0.234 e. The molecule has 4 rings (SSSR count). The van der Waals surface area contributed by atoms with Gasteiger partial charge in [-0.25, -0.2) is 9.97 Å². The Morgan fingerprint density at radius 3 is 2.73 bits per heavy atom. The topological polar surface area (TPSA) is 82.6 Å². The Bertz CT molecular complexity index is 1170. The molecule has 0 unspecified atom stereocenters. The molecule has 2 heterocycles. The molecule has 0 fully saturated rings. The highest BCUT2D eigenvalue weighted by Gasteiger charge is 2.30. The lowest BCUT2D eigenvalue weighted by molar-refractivity contribution is -0.113. The largest absolute Gasteiger partial charge is 0.497 e. The van der Waals surface area contributed by atoms with Crippen LogP contribution in [0.1, 0.15) is 25.1 Å². The zero-order valence-corrected chi connectivity index (χ0v) is 20.0. The molecule has 0 bridgehead atoms. The summed E-state index contributed by atoms with van der Waals surface area (Å²) in [5.41, 5.74) is 3.08. The van der Waals surface area contributed by atoms with Gasteiger partial charge in [0.2, 0.25) is 5.91 Å². The van der Waals surface area contributed by atoms with Gasteiger partial charge in [-0.2, -0.15) is 0 Å². The number of rotatable bonds is 7. The van der Waals surface area contributed by atoms with E-state index < -0.39 is 0 Å². The van der Waals surface area contributed by atoms with Crippen LogP contribution in [0.4, 0.5) is 5.69 Å². The van der Waals surface area contributed by atoms with Crippen LogP contribution < -0.4 is 14.8 Å². The van der Waals surface area contributed by atoms with Crippen LogP contribution in [-0.4, -0.2) is 41.4 Å². The second-order valence-corrected chi connectivity index (χ2v) is 9.24. The van der Waals surface area contributed by atoms with E-state index in [1.165, 1.54) is 11.8 Å². The van der Waals surface area contributed by atoms with E-state index in [1.807, 2.05) is 48.5 Å². The third-order valence-electron chi connectivity index (χ3n) is 5.30. The first-order chi connectivity index (χ1) is 15.9. The fourth-order valence-electron chi connectivity index (χ4n) is 3.60. The lowest BCUT2D eigenvalue weighted by Gasteiger charge is -2.32. The zero-order valence-electron chi connectivity index (χ0n) is 19.2. The molecule has 0 radical (unpaired) electrons. The van der Waals surface area contributed by atoms with Crippen LogP contribution in [0, 0.1) is 0 Å². The molecule has 8 heteroatoms. The van der Waals surface area contributed by atoms with E-state index in [1.54, 1.807) is 14.2 Å². The van der Waals surface area contributed by atoms with Crippen LogP contribution in [0.3, 0.4) is 0 Å². The number of methoxy groups -OCH3 is 2. The summed E-state index contributed by atoms with van der Waals surface area (Å²) in [6.45, 7) is 4.52. The fourth-order valence-corrected chi connectivity index (χ4v) is 4.44. The van der Waals surface area contributed by atoms with Gasteiger partial charge in [-0.1, -0.05) is 36.0 Å². The van der Waals surface area contributed by atoms with Crippen molar-refractivity contribution in [2.24, 2.45) is 0 Å². The number of ether oxygens (including phenoxy) is 3. The SMILES string of the molecule is COc1cccc(-c2nc3c(c(SCC(=O)Nc4ccccc4OC)n2)COC(C)(C)C3)c1. The highest BCUT2D eigenvalue weighted by molar-refractivity contribution is 8.00. The number of amides is 1. The van der Waals surface area contributed by atoms with E-state index in [2.05, 4.69) is 19.2 Å². The van der Waals surface area contributed by atoms with Crippen molar-refractivity contribution in [3.05, 3.63) is 59.8 Å². The average Bonchev–Trinajstić information content (AvgIpc) is 2.82. The number of thioether (sulfide) groups is 1. The lowest BCUT2D eigenvalue weighted by Crippen LogP contribution is -2.33. The molecule has 33 heavy (non-hydrogen) atoms. The molecule has 0 saturated carbocycles. The Balaban J connectivity index is 1.60. The second-order valence-electron chi connectivity index (χ2n) is 8.27. The van der Waals surface area contributed by atoms with E-state index in [0.717, 1.165) is 27.6 Å². The number of hydrogen-bond acceptors (Lipinski definition) is 7. The number of aromatic nitrogens is 2. The van der Waals surface area contributed by atoms with Crippen molar-refractivity contribution in [3.63, 3.8) is 0 Å². The minimum Gasteiger partial charge on any atom is -0.497 e. The van der Waals surface area contributed by atoms with Gasteiger partial charge in [0.05, 0.1) is 43.6 Å². The first-order valence-corrected chi connectivity index (χ1v) is 11.6. The molecule has 1 N–H and O–H groups in total. The Kier molecular flexibility index (Phi) is 6.85. The first kappa shape index (κ1) is 23.1. The first-order valence-electron chi connectivity index (χ1n) is 10.6. The van der Waals surface area contributed by atoms with Gasteiger partial charge in [-0.3, -0.25) is 4.79 Å². The highest BCUT2D eigenvalue weighted by Crippen LogP contribution is 2.34. The standard InChI is InChI=1S/C25H27N3O4S/c1-25(2)13-20-18(14-32-25)24(28-23(27-20)16-8-7-9-17(12-16)30-3)33-15-22(29)26-19-10-5-6-11-21(19)31-4/h5-12H,13-15H2,1-4H3,(H,26,29). The highest BCUT2D eigenvalue weighted by atomic mass is 32.2. The van der Waals surface area contributed by atoms with Gasteiger partial charge in [-0.05, 0) is 38.1 Å². The smallest absolute Gasteiger partial charge is 0.234 e. The van der Waals surface area contributed by atoms with Gasteiger partial charge in [0, 0.05) is 17.5 Å². The molecule has 1 aromatic heterocycles. The molecule has 0 saturated heterocycles. The number of nitrogens with zero attached hydrogens (tertiary/aromatic N) is 2. The molecule has 2 aromatic carbocycles. The molecule has 3 aromatic rings. The summed E-state index contributed by atoms with van der Waals surface area (Å²) in [6.07, 6.45) is 0.669. The fraction of sp³-hybridized carbons (Fsp3) is 0.320. The third kappa shape index (κ3) is 5.46. The summed E-state index contributed by atoms with van der Waals surface area (Å²) >= 11 is 1.38. The number of carbonyl (C=O) groups is 1. The summed E-state index contributed by atoms with van der Waals surface area (Å²) in [4.78, 5) is 22.3. The molecular weight excluding hydrogens is 438 g/mol. The summed E-state index contributed by atoms with van der Waals surface area (Å²) < 4.78 is 16.7. The minimum atomic E-state index is -0.309. The number of anilines is 1. The number of fused-ring (bicyclic) bond motifs is 1.